The van der Waals surface area contributed by atoms with E-state index in [0.717, 1.165) is 21.9 Å². The van der Waals surface area contributed by atoms with Crippen LogP contribution in [-0.2, 0) is 11.2 Å². The molecule has 0 radical (unpaired) electrons. The van der Waals surface area contributed by atoms with Crippen LogP contribution in [0.15, 0.2) is 77.1 Å². The zero-order valence-electron chi connectivity index (χ0n) is 16.5. The number of carboxylic acids is 1. The first-order valence-corrected chi connectivity index (χ1v) is 10.6. The van der Waals surface area contributed by atoms with E-state index >= 15 is 0 Å². The van der Waals surface area contributed by atoms with Gasteiger partial charge in [0.05, 0.1) is 16.9 Å². The minimum absolute atomic E-state index is 0.313. The molecule has 2 aromatic heterocycles. The summed E-state index contributed by atoms with van der Waals surface area (Å²) >= 11 is 1.34. The van der Waals surface area contributed by atoms with Crippen LogP contribution in [0.5, 0.6) is 0 Å². The molecule has 5 rings (SSSR count). The van der Waals surface area contributed by atoms with Crippen LogP contribution < -0.4 is 5.56 Å². The number of nitrogens with one attached hydrogen (secondary N) is 1. The number of carbonyl (C=O) groups is 1. The molecule has 0 saturated carbocycles. The summed E-state index contributed by atoms with van der Waals surface area (Å²) in [6.07, 6.45) is 11.3. The molecule has 2 N–H and O–H groups in total. The Kier molecular flexibility index (Phi) is 5.92. The van der Waals surface area contributed by atoms with Gasteiger partial charge in [0, 0.05) is 24.2 Å². The van der Waals surface area contributed by atoms with Gasteiger partial charge in [-0.15, -0.1) is 18.2 Å². The van der Waals surface area contributed by atoms with Crippen LogP contribution in [0, 0.1) is 12.3 Å². The van der Waals surface area contributed by atoms with E-state index in [1.54, 1.807) is 18.7 Å². The van der Waals surface area contributed by atoms with Crippen molar-refractivity contribution < 1.29 is 9.90 Å². The summed E-state index contributed by atoms with van der Waals surface area (Å²) in [4.78, 5) is 30.4. The Bertz CT molecular complexity index is 1310. The zero-order valence-corrected chi connectivity index (χ0v) is 17.3. The fraction of sp³-hybridized carbons (Fsp3) is 0.125. The molecule has 1 aliphatic heterocycles. The lowest BCUT2D eigenvalue weighted by molar-refractivity contribution is -0.140. The number of carboxylic acid groups (broad SMARTS) is 1. The Morgan fingerprint density at radius 2 is 2.06 bits per heavy atom. The molecule has 1 unspecified atom stereocenters. The molecule has 0 amide bonds. The van der Waals surface area contributed by atoms with Gasteiger partial charge in [-0.1, -0.05) is 48.4 Å². The van der Waals surface area contributed by atoms with Gasteiger partial charge in [0.1, 0.15) is 6.04 Å². The Morgan fingerprint density at radius 3 is 2.74 bits per heavy atom. The molecule has 154 valence electrons. The normalized spacial score (nSPS) is 14.4. The monoisotopic (exact) mass is 429 g/mol. The Labute approximate surface area is 183 Å². The molecule has 2 aromatic carbocycles. The van der Waals surface area contributed by atoms with Crippen molar-refractivity contribution in [2.75, 3.05) is 5.75 Å². The molecule has 3 heterocycles. The summed E-state index contributed by atoms with van der Waals surface area (Å²) in [7, 11) is 0. The van der Waals surface area contributed by atoms with E-state index in [9.17, 15) is 14.7 Å². The van der Waals surface area contributed by atoms with Crippen LogP contribution in [0.3, 0.4) is 0 Å². The topological polar surface area (TPSA) is 88.0 Å². The van der Waals surface area contributed by atoms with E-state index in [0.29, 0.717) is 22.8 Å². The van der Waals surface area contributed by atoms with Crippen molar-refractivity contribution in [2.24, 2.45) is 0 Å². The van der Waals surface area contributed by atoms with E-state index in [4.69, 9.17) is 6.42 Å². The van der Waals surface area contributed by atoms with Crippen molar-refractivity contribution >= 4 is 28.5 Å². The van der Waals surface area contributed by atoms with Crippen LogP contribution in [0.2, 0.25) is 0 Å². The highest BCUT2D eigenvalue weighted by molar-refractivity contribution is 7.99. The number of rotatable bonds is 3. The van der Waals surface area contributed by atoms with E-state index in [-0.39, 0.29) is 5.56 Å². The second-order valence-electron chi connectivity index (χ2n) is 6.94. The summed E-state index contributed by atoms with van der Waals surface area (Å²) < 4.78 is 1.31. The molecule has 0 fully saturated rings. The largest absolute Gasteiger partial charge is 0.480 e. The van der Waals surface area contributed by atoms with Crippen molar-refractivity contribution in [3.63, 3.8) is 0 Å². The van der Waals surface area contributed by atoms with Crippen LogP contribution in [0.1, 0.15) is 22.7 Å². The number of pyridine rings is 1. The molecule has 4 aromatic rings. The van der Waals surface area contributed by atoms with Crippen LogP contribution >= 0.6 is 11.8 Å². The summed E-state index contributed by atoms with van der Waals surface area (Å²) in [5.74, 6) is 1.98. The number of nitrogens with zero attached hydrogens (tertiary/aromatic N) is 2. The SMILES string of the molecule is C#Cc1c(Cc2cccc3ccccc23)cc(=O)n2c1SCC2C(=O)O.c1c[nH]cn1. The molecule has 6 nitrogen and oxygen atoms in total. The minimum atomic E-state index is -1.01. The number of aromatic nitrogens is 3. The highest BCUT2D eigenvalue weighted by Crippen LogP contribution is 2.36. The first-order chi connectivity index (χ1) is 15.1. The maximum absolute atomic E-state index is 12.6. The van der Waals surface area contributed by atoms with Gasteiger partial charge < -0.3 is 10.1 Å². The van der Waals surface area contributed by atoms with Gasteiger partial charge in [-0.25, -0.2) is 9.78 Å². The lowest BCUT2D eigenvalue weighted by atomic mass is 9.96. The minimum Gasteiger partial charge on any atom is -0.480 e. The molecule has 0 saturated heterocycles. The number of hydrogen-bond acceptors (Lipinski definition) is 4. The van der Waals surface area contributed by atoms with E-state index in [2.05, 4.69) is 22.0 Å². The van der Waals surface area contributed by atoms with Gasteiger partial charge >= 0.3 is 5.97 Å². The molecule has 0 aliphatic carbocycles. The van der Waals surface area contributed by atoms with E-state index in [1.165, 1.54) is 22.4 Å². The first kappa shape index (κ1) is 20.5. The van der Waals surface area contributed by atoms with Crippen molar-refractivity contribution in [3.05, 3.63) is 94.3 Å². The Morgan fingerprint density at radius 1 is 1.26 bits per heavy atom. The number of aromatic amines is 1. The van der Waals surface area contributed by atoms with Gasteiger partial charge in [-0.2, -0.15) is 0 Å². The molecule has 1 atom stereocenters. The Balaban J connectivity index is 0.000000407. The molecular formula is C24H19N3O3S. The van der Waals surface area contributed by atoms with Gasteiger partial charge in [0.15, 0.2) is 0 Å². The van der Waals surface area contributed by atoms with Crippen molar-refractivity contribution in [1.29, 1.82) is 0 Å². The number of H-pyrrole nitrogens is 1. The molecule has 7 heteroatoms. The average Bonchev–Trinajstić information content (AvgIpc) is 3.48. The van der Waals surface area contributed by atoms with E-state index in [1.807, 2.05) is 36.4 Å². The van der Waals surface area contributed by atoms with E-state index < -0.39 is 12.0 Å². The number of aliphatic carboxylic acids is 1. The standard InChI is InChI=1S/C21H15NO3S.C3H4N2/c1-2-16-15(10-14-8-5-7-13-6-3-4-9-17(13)14)11-19(23)22-18(21(24)25)12-26-20(16)22;1-2-5-3-4-1/h1,3-9,11,18H,10,12H2,(H,24,25);1-3H,(H,4,5). The predicted octanol–water partition coefficient (Wildman–Crippen LogP) is 3.71. The van der Waals surface area contributed by atoms with Gasteiger partial charge in [0.25, 0.3) is 5.56 Å². The quantitative estimate of drug-likeness (QED) is 0.485. The lowest BCUT2D eigenvalue weighted by Crippen LogP contribution is -2.29. The molecule has 0 spiro atoms. The number of imidazole rings is 1. The van der Waals surface area contributed by atoms with Crippen molar-refractivity contribution in [3.8, 4) is 12.3 Å². The molecular weight excluding hydrogens is 410 g/mol. The fourth-order valence-electron chi connectivity index (χ4n) is 3.66. The van der Waals surface area contributed by atoms with Crippen molar-refractivity contribution in [1.82, 2.24) is 14.5 Å². The van der Waals surface area contributed by atoms with Crippen molar-refractivity contribution in [2.45, 2.75) is 17.5 Å². The van der Waals surface area contributed by atoms with Gasteiger partial charge in [0.2, 0.25) is 0 Å². The summed E-state index contributed by atoms with van der Waals surface area (Å²) in [5, 5.41) is 12.2. The second-order valence-corrected chi connectivity index (χ2v) is 7.95. The Hall–Kier alpha value is -3.76. The number of hydrogen-bond donors (Lipinski definition) is 2. The molecule has 31 heavy (non-hydrogen) atoms. The maximum atomic E-state index is 12.6. The highest BCUT2D eigenvalue weighted by Gasteiger charge is 2.32. The smallest absolute Gasteiger partial charge is 0.327 e. The molecule has 1 aliphatic rings. The zero-order chi connectivity index (χ0) is 21.8. The average molecular weight is 430 g/mol. The highest BCUT2D eigenvalue weighted by atomic mass is 32.2. The number of fused-ring (bicyclic) bond motifs is 2. The summed E-state index contributed by atoms with van der Waals surface area (Å²) in [5.41, 5.74) is 2.15. The molecule has 0 bridgehead atoms. The third-order valence-electron chi connectivity index (χ3n) is 5.07. The van der Waals surface area contributed by atoms with Gasteiger partial charge in [-0.3, -0.25) is 9.36 Å². The summed E-state index contributed by atoms with van der Waals surface area (Å²) in [6.45, 7) is 0. The maximum Gasteiger partial charge on any atom is 0.327 e. The first-order valence-electron chi connectivity index (χ1n) is 9.60. The van der Waals surface area contributed by atoms with Crippen LogP contribution in [0.25, 0.3) is 10.8 Å². The number of benzene rings is 2. The third-order valence-corrected chi connectivity index (χ3v) is 6.23. The number of thioether (sulfide) groups is 1. The second kappa shape index (κ2) is 8.94. The van der Waals surface area contributed by atoms with Crippen LogP contribution in [0.4, 0.5) is 0 Å². The number of terminal acetylenes is 1. The third kappa shape index (κ3) is 4.11. The fourth-order valence-corrected chi connectivity index (χ4v) is 4.96. The van der Waals surface area contributed by atoms with Crippen LogP contribution in [-0.4, -0.2) is 31.4 Å². The summed E-state index contributed by atoms with van der Waals surface area (Å²) in [6, 6.07) is 14.8. The lowest BCUT2D eigenvalue weighted by Gasteiger charge is -2.14. The van der Waals surface area contributed by atoms with Gasteiger partial charge in [-0.05, 0) is 28.3 Å². The predicted molar refractivity (Wildman–Crippen MR) is 121 cm³/mol.